The smallest absolute Gasteiger partial charge is 0.141 e. The zero-order chi connectivity index (χ0) is 11.1. The molecule has 1 atom stereocenters. The Hall–Kier alpha value is -1.44. The highest BCUT2D eigenvalue weighted by molar-refractivity contribution is 5.56. The maximum Gasteiger partial charge on any atom is 0.141 e. The van der Waals surface area contributed by atoms with Crippen molar-refractivity contribution in [2.45, 2.75) is 25.8 Å². The van der Waals surface area contributed by atoms with Crippen molar-refractivity contribution in [1.29, 1.82) is 0 Å². The lowest BCUT2D eigenvalue weighted by atomic mass is 10.1. The molecule has 0 fully saturated rings. The summed E-state index contributed by atoms with van der Waals surface area (Å²) in [5.41, 5.74) is 1.05. The molecule has 0 radical (unpaired) electrons. The topological polar surface area (TPSA) is 21.3 Å². The van der Waals surface area contributed by atoms with E-state index in [2.05, 4.69) is 18.8 Å². The number of benzene rings is 1. The molecule has 0 amide bonds. The number of hydrogen-bond acceptors (Lipinski definition) is 2. The first kappa shape index (κ1) is 11.6. The maximum absolute atomic E-state index is 5.27. The number of anilines is 1. The van der Waals surface area contributed by atoms with E-state index in [0.29, 0.717) is 6.04 Å². The van der Waals surface area contributed by atoms with E-state index >= 15 is 0 Å². The summed E-state index contributed by atoms with van der Waals surface area (Å²) in [5.74, 6) is 0.892. The number of allylic oxidation sites excluding steroid dienone is 1. The lowest BCUT2D eigenvalue weighted by Crippen LogP contribution is -2.15. The van der Waals surface area contributed by atoms with Crippen LogP contribution in [0.2, 0.25) is 0 Å². The Morgan fingerprint density at radius 1 is 1.47 bits per heavy atom. The summed E-state index contributed by atoms with van der Waals surface area (Å²) in [4.78, 5) is 0. The van der Waals surface area contributed by atoms with Crippen LogP contribution < -0.4 is 10.1 Å². The zero-order valence-electron chi connectivity index (χ0n) is 9.49. The molecule has 0 heterocycles. The quantitative estimate of drug-likeness (QED) is 0.718. The average molecular weight is 205 g/mol. The predicted octanol–water partition coefficient (Wildman–Crippen LogP) is 3.46. The summed E-state index contributed by atoms with van der Waals surface area (Å²) in [6.45, 7) is 5.88. The molecule has 0 unspecified atom stereocenters. The van der Waals surface area contributed by atoms with Crippen LogP contribution in [0.5, 0.6) is 5.75 Å². The largest absolute Gasteiger partial charge is 0.495 e. The van der Waals surface area contributed by atoms with E-state index in [1.165, 1.54) is 0 Å². The third kappa shape index (κ3) is 3.66. The van der Waals surface area contributed by atoms with Gasteiger partial charge in [0.15, 0.2) is 0 Å². The summed E-state index contributed by atoms with van der Waals surface area (Å²) < 4.78 is 5.27. The summed E-state index contributed by atoms with van der Waals surface area (Å²) in [6.07, 6.45) is 4.06. The van der Waals surface area contributed by atoms with E-state index in [4.69, 9.17) is 4.74 Å². The fraction of sp³-hybridized carbons (Fsp3) is 0.385. The van der Waals surface area contributed by atoms with Crippen molar-refractivity contribution in [1.82, 2.24) is 0 Å². The molecule has 1 N–H and O–H groups in total. The van der Waals surface area contributed by atoms with Gasteiger partial charge in [-0.15, -0.1) is 6.58 Å². The SMILES string of the molecule is C=CCC[C@H](C)Nc1ccccc1OC. The van der Waals surface area contributed by atoms with Gasteiger partial charge < -0.3 is 10.1 Å². The summed E-state index contributed by atoms with van der Waals surface area (Å²) in [6, 6.07) is 8.40. The molecule has 0 saturated heterocycles. The Bertz CT molecular complexity index is 309. The van der Waals surface area contributed by atoms with E-state index in [9.17, 15) is 0 Å². The third-order valence-corrected chi connectivity index (χ3v) is 2.31. The van der Waals surface area contributed by atoms with Crippen LogP contribution in [0, 0.1) is 0 Å². The lowest BCUT2D eigenvalue weighted by molar-refractivity contribution is 0.416. The standard InChI is InChI=1S/C13H19NO/c1-4-5-8-11(2)14-12-9-6-7-10-13(12)15-3/h4,6-7,9-11,14H,1,5,8H2,2-3H3/t11-/m0/s1. The Kier molecular flexibility index (Phi) is 4.75. The highest BCUT2D eigenvalue weighted by atomic mass is 16.5. The van der Waals surface area contributed by atoms with Crippen molar-refractivity contribution in [2.75, 3.05) is 12.4 Å². The van der Waals surface area contributed by atoms with Gasteiger partial charge in [0.05, 0.1) is 12.8 Å². The molecule has 2 heteroatoms. The minimum Gasteiger partial charge on any atom is -0.495 e. The Morgan fingerprint density at radius 3 is 2.87 bits per heavy atom. The monoisotopic (exact) mass is 205 g/mol. The highest BCUT2D eigenvalue weighted by Crippen LogP contribution is 2.24. The number of nitrogens with one attached hydrogen (secondary N) is 1. The predicted molar refractivity (Wildman–Crippen MR) is 65.5 cm³/mol. The van der Waals surface area contributed by atoms with Gasteiger partial charge in [0.2, 0.25) is 0 Å². The second-order valence-electron chi connectivity index (χ2n) is 3.61. The molecule has 0 aliphatic carbocycles. The van der Waals surface area contributed by atoms with Gasteiger partial charge in [-0.3, -0.25) is 0 Å². The minimum atomic E-state index is 0.430. The Labute approximate surface area is 92.0 Å². The van der Waals surface area contributed by atoms with E-state index in [1.807, 2.05) is 30.3 Å². The number of ether oxygens (including phenoxy) is 1. The van der Waals surface area contributed by atoms with Crippen LogP contribution in [0.3, 0.4) is 0 Å². The maximum atomic E-state index is 5.27. The molecule has 0 aliphatic heterocycles. The van der Waals surface area contributed by atoms with Gasteiger partial charge in [-0.05, 0) is 31.9 Å². The first-order valence-electron chi connectivity index (χ1n) is 5.28. The number of para-hydroxylation sites is 2. The van der Waals surface area contributed by atoms with Crippen LogP contribution >= 0.6 is 0 Å². The van der Waals surface area contributed by atoms with Crippen LogP contribution in [0.4, 0.5) is 5.69 Å². The molecule has 0 bridgehead atoms. The summed E-state index contributed by atoms with van der Waals surface area (Å²) in [5, 5.41) is 3.42. The van der Waals surface area contributed by atoms with Gasteiger partial charge in [-0.2, -0.15) is 0 Å². The van der Waals surface area contributed by atoms with Crippen molar-refractivity contribution >= 4 is 5.69 Å². The van der Waals surface area contributed by atoms with Crippen LogP contribution in [-0.2, 0) is 0 Å². The van der Waals surface area contributed by atoms with Crippen LogP contribution in [0.25, 0.3) is 0 Å². The molecule has 2 nitrogen and oxygen atoms in total. The van der Waals surface area contributed by atoms with E-state index in [0.717, 1.165) is 24.3 Å². The molecule has 0 aromatic heterocycles. The fourth-order valence-electron chi connectivity index (χ4n) is 1.47. The van der Waals surface area contributed by atoms with Crippen molar-refractivity contribution in [2.24, 2.45) is 0 Å². The van der Waals surface area contributed by atoms with E-state index in [1.54, 1.807) is 7.11 Å². The molecule has 1 aromatic carbocycles. The second-order valence-corrected chi connectivity index (χ2v) is 3.61. The number of rotatable bonds is 6. The number of methoxy groups -OCH3 is 1. The molecule has 0 aliphatic rings. The molecular weight excluding hydrogens is 186 g/mol. The molecular formula is C13H19NO. The molecule has 1 aromatic rings. The van der Waals surface area contributed by atoms with Crippen molar-refractivity contribution in [3.05, 3.63) is 36.9 Å². The third-order valence-electron chi connectivity index (χ3n) is 2.31. The van der Waals surface area contributed by atoms with Crippen molar-refractivity contribution in [3.63, 3.8) is 0 Å². The van der Waals surface area contributed by atoms with Crippen LogP contribution in [0.15, 0.2) is 36.9 Å². The minimum absolute atomic E-state index is 0.430. The molecule has 0 saturated carbocycles. The van der Waals surface area contributed by atoms with Crippen LogP contribution in [-0.4, -0.2) is 13.2 Å². The van der Waals surface area contributed by atoms with Gasteiger partial charge >= 0.3 is 0 Å². The molecule has 82 valence electrons. The molecule has 1 rings (SSSR count). The fourth-order valence-corrected chi connectivity index (χ4v) is 1.47. The van der Waals surface area contributed by atoms with Gasteiger partial charge in [0, 0.05) is 6.04 Å². The van der Waals surface area contributed by atoms with Gasteiger partial charge in [-0.25, -0.2) is 0 Å². The second kappa shape index (κ2) is 6.12. The molecule has 15 heavy (non-hydrogen) atoms. The zero-order valence-corrected chi connectivity index (χ0v) is 9.49. The summed E-state index contributed by atoms with van der Waals surface area (Å²) >= 11 is 0. The lowest BCUT2D eigenvalue weighted by Gasteiger charge is -2.16. The summed E-state index contributed by atoms with van der Waals surface area (Å²) in [7, 11) is 1.69. The first-order valence-corrected chi connectivity index (χ1v) is 5.28. The number of hydrogen-bond donors (Lipinski definition) is 1. The van der Waals surface area contributed by atoms with E-state index < -0.39 is 0 Å². The van der Waals surface area contributed by atoms with E-state index in [-0.39, 0.29) is 0 Å². The highest BCUT2D eigenvalue weighted by Gasteiger charge is 2.04. The Balaban J connectivity index is 2.58. The normalized spacial score (nSPS) is 11.9. The van der Waals surface area contributed by atoms with Gasteiger partial charge in [-0.1, -0.05) is 18.2 Å². The van der Waals surface area contributed by atoms with Crippen LogP contribution in [0.1, 0.15) is 19.8 Å². The van der Waals surface area contributed by atoms with Crippen molar-refractivity contribution < 1.29 is 4.74 Å². The molecule has 0 spiro atoms. The van der Waals surface area contributed by atoms with Gasteiger partial charge in [0.25, 0.3) is 0 Å². The first-order chi connectivity index (χ1) is 7.27. The van der Waals surface area contributed by atoms with Crippen molar-refractivity contribution in [3.8, 4) is 5.75 Å². The Morgan fingerprint density at radius 2 is 2.20 bits per heavy atom. The average Bonchev–Trinajstić information content (AvgIpc) is 2.27. The van der Waals surface area contributed by atoms with Gasteiger partial charge in [0.1, 0.15) is 5.75 Å².